The molecule has 1 heterocycles. The molecule has 0 N–H and O–H groups in total. The van der Waals surface area contributed by atoms with Crippen LogP contribution in [0.1, 0.15) is 64.0 Å². The van der Waals surface area contributed by atoms with Gasteiger partial charge in [0.15, 0.2) is 5.82 Å². The quantitative estimate of drug-likeness (QED) is 0.575. The van der Waals surface area contributed by atoms with Gasteiger partial charge in [-0.15, -0.1) is 0 Å². The Morgan fingerprint density at radius 3 is 1.75 bits per heavy atom. The standard InChI is InChI=1S/C20H29N3O/c1-4-6-8-10-18-21-19(11-9-7-5-2)23-20(22-18)16-12-14-17(24-3)15-13-16/h12-15H,4-11H2,1-3H3. The van der Waals surface area contributed by atoms with Crippen molar-refractivity contribution >= 4 is 0 Å². The normalized spacial score (nSPS) is 10.8. The van der Waals surface area contributed by atoms with E-state index in [-0.39, 0.29) is 0 Å². The van der Waals surface area contributed by atoms with Gasteiger partial charge in [-0.2, -0.15) is 0 Å². The fourth-order valence-corrected chi connectivity index (χ4v) is 2.63. The zero-order valence-electron chi connectivity index (χ0n) is 15.2. The second-order valence-corrected chi connectivity index (χ2v) is 6.13. The SMILES string of the molecule is CCCCCc1nc(CCCCC)nc(-c2ccc(OC)cc2)n1. The summed E-state index contributed by atoms with van der Waals surface area (Å²) in [6.07, 6.45) is 8.98. The topological polar surface area (TPSA) is 47.9 Å². The van der Waals surface area contributed by atoms with E-state index in [0.29, 0.717) is 0 Å². The van der Waals surface area contributed by atoms with Crippen LogP contribution in [0, 0.1) is 0 Å². The maximum absolute atomic E-state index is 5.23. The number of unbranched alkanes of at least 4 members (excludes halogenated alkanes) is 4. The maximum atomic E-state index is 5.23. The molecule has 0 aliphatic carbocycles. The van der Waals surface area contributed by atoms with Gasteiger partial charge in [-0.1, -0.05) is 39.5 Å². The van der Waals surface area contributed by atoms with Gasteiger partial charge >= 0.3 is 0 Å². The fraction of sp³-hybridized carbons (Fsp3) is 0.550. The first-order valence-electron chi connectivity index (χ1n) is 9.15. The molecule has 4 heteroatoms. The molecule has 0 aliphatic heterocycles. The largest absolute Gasteiger partial charge is 0.497 e. The highest BCUT2D eigenvalue weighted by Gasteiger charge is 2.09. The third-order valence-electron chi connectivity index (χ3n) is 4.08. The van der Waals surface area contributed by atoms with E-state index in [4.69, 9.17) is 14.7 Å². The van der Waals surface area contributed by atoms with E-state index in [1.165, 1.54) is 25.7 Å². The van der Waals surface area contributed by atoms with Crippen molar-refractivity contribution in [2.75, 3.05) is 7.11 Å². The first kappa shape index (κ1) is 18.4. The molecular formula is C20H29N3O. The summed E-state index contributed by atoms with van der Waals surface area (Å²) in [4.78, 5) is 14.1. The number of ether oxygens (including phenoxy) is 1. The second-order valence-electron chi connectivity index (χ2n) is 6.13. The highest BCUT2D eigenvalue weighted by molar-refractivity contribution is 5.56. The van der Waals surface area contributed by atoms with E-state index >= 15 is 0 Å². The summed E-state index contributed by atoms with van der Waals surface area (Å²) in [5.41, 5.74) is 1.02. The van der Waals surface area contributed by atoms with E-state index in [1.807, 2.05) is 24.3 Å². The number of methoxy groups -OCH3 is 1. The zero-order valence-corrected chi connectivity index (χ0v) is 15.2. The summed E-state index contributed by atoms with van der Waals surface area (Å²) in [5, 5.41) is 0. The van der Waals surface area contributed by atoms with Crippen LogP contribution >= 0.6 is 0 Å². The number of hydrogen-bond donors (Lipinski definition) is 0. The average molecular weight is 327 g/mol. The molecule has 0 aliphatic rings. The molecule has 1 aromatic heterocycles. The lowest BCUT2D eigenvalue weighted by atomic mass is 10.1. The van der Waals surface area contributed by atoms with Crippen molar-refractivity contribution in [3.05, 3.63) is 35.9 Å². The van der Waals surface area contributed by atoms with Crippen LogP contribution in [-0.2, 0) is 12.8 Å². The Bertz CT molecular complexity index is 583. The lowest BCUT2D eigenvalue weighted by molar-refractivity contribution is 0.415. The molecule has 0 unspecified atom stereocenters. The van der Waals surface area contributed by atoms with Crippen LogP contribution in [0.3, 0.4) is 0 Å². The second kappa shape index (κ2) is 10.0. The van der Waals surface area contributed by atoms with Gasteiger partial charge in [-0.05, 0) is 37.1 Å². The molecule has 2 rings (SSSR count). The molecule has 130 valence electrons. The Kier molecular flexibility index (Phi) is 7.66. The Morgan fingerprint density at radius 2 is 1.29 bits per heavy atom. The Morgan fingerprint density at radius 1 is 0.750 bits per heavy atom. The van der Waals surface area contributed by atoms with Crippen molar-refractivity contribution in [2.45, 2.75) is 65.2 Å². The van der Waals surface area contributed by atoms with Crippen LogP contribution < -0.4 is 4.74 Å². The molecule has 0 bridgehead atoms. The Hall–Kier alpha value is -1.97. The Balaban J connectivity index is 2.22. The van der Waals surface area contributed by atoms with Crippen LogP contribution in [0.25, 0.3) is 11.4 Å². The third-order valence-corrected chi connectivity index (χ3v) is 4.08. The number of hydrogen-bond acceptors (Lipinski definition) is 4. The molecule has 0 saturated heterocycles. The van der Waals surface area contributed by atoms with Crippen LogP contribution in [-0.4, -0.2) is 22.1 Å². The number of nitrogens with zero attached hydrogens (tertiary/aromatic N) is 3. The van der Waals surface area contributed by atoms with E-state index in [9.17, 15) is 0 Å². The van der Waals surface area contributed by atoms with E-state index in [2.05, 4.69) is 18.8 Å². The number of benzene rings is 1. The van der Waals surface area contributed by atoms with Crippen molar-refractivity contribution in [1.82, 2.24) is 15.0 Å². The lowest BCUT2D eigenvalue weighted by Crippen LogP contribution is -2.06. The van der Waals surface area contributed by atoms with Crippen molar-refractivity contribution in [2.24, 2.45) is 0 Å². The predicted molar refractivity (Wildman–Crippen MR) is 98.3 cm³/mol. The summed E-state index contributed by atoms with van der Waals surface area (Å²) in [6, 6.07) is 7.93. The summed E-state index contributed by atoms with van der Waals surface area (Å²) in [6.45, 7) is 4.43. The van der Waals surface area contributed by atoms with Gasteiger partial charge in [-0.25, -0.2) is 15.0 Å². The minimum Gasteiger partial charge on any atom is -0.497 e. The van der Waals surface area contributed by atoms with Crippen LogP contribution in [0.5, 0.6) is 5.75 Å². The summed E-state index contributed by atoms with van der Waals surface area (Å²) in [5.74, 6) is 3.48. The van der Waals surface area contributed by atoms with Gasteiger partial charge in [-0.3, -0.25) is 0 Å². The highest BCUT2D eigenvalue weighted by Crippen LogP contribution is 2.20. The Labute approximate surface area is 145 Å². The summed E-state index contributed by atoms with van der Waals surface area (Å²) >= 11 is 0. The third kappa shape index (κ3) is 5.59. The van der Waals surface area contributed by atoms with Gasteiger partial charge in [0, 0.05) is 18.4 Å². The van der Waals surface area contributed by atoms with E-state index < -0.39 is 0 Å². The van der Waals surface area contributed by atoms with Crippen LogP contribution in [0.2, 0.25) is 0 Å². The molecule has 0 atom stereocenters. The van der Waals surface area contributed by atoms with Gasteiger partial charge in [0.05, 0.1) is 7.11 Å². The monoisotopic (exact) mass is 327 g/mol. The van der Waals surface area contributed by atoms with Crippen molar-refractivity contribution < 1.29 is 4.74 Å². The zero-order chi connectivity index (χ0) is 17.2. The molecular weight excluding hydrogens is 298 g/mol. The lowest BCUT2D eigenvalue weighted by Gasteiger charge is -2.08. The van der Waals surface area contributed by atoms with Crippen LogP contribution in [0.4, 0.5) is 0 Å². The van der Waals surface area contributed by atoms with Gasteiger partial charge in [0.1, 0.15) is 17.4 Å². The first-order valence-corrected chi connectivity index (χ1v) is 9.15. The van der Waals surface area contributed by atoms with E-state index in [1.54, 1.807) is 7.11 Å². The van der Waals surface area contributed by atoms with Gasteiger partial charge in [0.25, 0.3) is 0 Å². The maximum Gasteiger partial charge on any atom is 0.163 e. The van der Waals surface area contributed by atoms with Crippen molar-refractivity contribution in [3.63, 3.8) is 0 Å². The first-order chi connectivity index (χ1) is 11.8. The van der Waals surface area contributed by atoms with E-state index in [0.717, 1.165) is 54.5 Å². The smallest absolute Gasteiger partial charge is 0.163 e. The number of aromatic nitrogens is 3. The fourth-order valence-electron chi connectivity index (χ4n) is 2.63. The molecule has 0 fully saturated rings. The predicted octanol–water partition coefficient (Wildman–Crippen LogP) is 5.01. The molecule has 0 spiro atoms. The minimum atomic E-state index is 0.783. The van der Waals surface area contributed by atoms with Gasteiger partial charge < -0.3 is 4.74 Å². The number of rotatable bonds is 10. The van der Waals surface area contributed by atoms with Crippen LogP contribution in [0.15, 0.2) is 24.3 Å². The van der Waals surface area contributed by atoms with Crippen molar-refractivity contribution in [1.29, 1.82) is 0 Å². The highest BCUT2D eigenvalue weighted by atomic mass is 16.5. The summed E-state index contributed by atoms with van der Waals surface area (Å²) in [7, 11) is 1.68. The molecule has 4 nitrogen and oxygen atoms in total. The van der Waals surface area contributed by atoms with Crippen molar-refractivity contribution in [3.8, 4) is 17.1 Å². The average Bonchev–Trinajstić information content (AvgIpc) is 2.62. The molecule has 0 radical (unpaired) electrons. The summed E-state index contributed by atoms with van der Waals surface area (Å²) < 4.78 is 5.23. The minimum absolute atomic E-state index is 0.783. The molecule has 2 aromatic rings. The number of aryl methyl sites for hydroxylation is 2. The molecule has 24 heavy (non-hydrogen) atoms. The van der Waals surface area contributed by atoms with Gasteiger partial charge in [0.2, 0.25) is 0 Å². The molecule has 0 amide bonds. The molecule has 1 aromatic carbocycles. The molecule has 0 saturated carbocycles.